The van der Waals surface area contributed by atoms with E-state index in [1.807, 2.05) is 0 Å². The molecule has 0 aliphatic rings. The molecule has 0 aliphatic carbocycles. The van der Waals surface area contributed by atoms with Crippen molar-refractivity contribution >= 4 is 23.3 Å². The van der Waals surface area contributed by atoms with Crippen LogP contribution in [0.3, 0.4) is 0 Å². The van der Waals surface area contributed by atoms with E-state index < -0.39 is 5.97 Å². The second-order valence-corrected chi connectivity index (χ2v) is 4.59. The zero-order valence-corrected chi connectivity index (χ0v) is 12.4. The number of anilines is 1. The predicted molar refractivity (Wildman–Crippen MR) is 85.9 cm³/mol. The number of rotatable bonds is 5. The fourth-order valence-electron chi connectivity index (χ4n) is 2.01. The number of ether oxygens (including phenoxy) is 2. The highest BCUT2D eigenvalue weighted by atomic mass is 16.5. The molecule has 0 atom stereocenters. The Bertz CT molecular complexity index is 705. The van der Waals surface area contributed by atoms with Gasteiger partial charge in [-0.05, 0) is 41.5 Å². The van der Waals surface area contributed by atoms with Crippen LogP contribution >= 0.6 is 0 Å². The minimum absolute atomic E-state index is 0.152. The molecule has 5 heteroatoms. The van der Waals surface area contributed by atoms with E-state index in [0.29, 0.717) is 28.3 Å². The van der Waals surface area contributed by atoms with Gasteiger partial charge in [0, 0.05) is 11.8 Å². The Balaban J connectivity index is 2.44. The average molecular weight is 299 g/mol. The maximum Gasteiger partial charge on any atom is 0.336 e. The summed E-state index contributed by atoms with van der Waals surface area (Å²) >= 11 is 0. The van der Waals surface area contributed by atoms with Crippen LogP contribution in [-0.2, 0) is 4.79 Å². The van der Waals surface area contributed by atoms with Crippen LogP contribution in [0.2, 0.25) is 0 Å². The molecular weight excluding hydrogens is 282 g/mol. The fraction of sp³-hybridized carbons (Fsp3) is 0.118. The van der Waals surface area contributed by atoms with E-state index in [2.05, 4.69) is 0 Å². The number of carboxylic acids is 1. The molecule has 0 fully saturated rings. The molecule has 3 N–H and O–H groups in total. The summed E-state index contributed by atoms with van der Waals surface area (Å²) in [5, 5.41) is 9.44. The standard InChI is InChI=1S/C17H17NO4/c1-21-13-6-3-11(4-7-13)15(17(19)20)9-12-5-8-14(22-2)10-16(12)18/h3-10H,18H2,1-2H3,(H,19,20)/b15-9-. The van der Waals surface area contributed by atoms with E-state index in [-0.39, 0.29) is 5.57 Å². The van der Waals surface area contributed by atoms with Crippen molar-refractivity contribution in [2.75, 3.05) is 20.0 Å². The molecule has 2 aromatic rings. The lowest BCUT2D eigenvalue weighted by atomic mass is 10.0. The molecule has 0 saturated heterocycles. The first kappa shape index (κ1) is 15.4. The predicted octanol–water partition coefficient (Wildman–Crippen LogP) is 2.91. The van der Waals surface area contributed by atoms with Gasteiger partial charge in [-0.25, -0.2) is 4.79 Å². The summed E-state index contributed by atoms with van der Waals surface area (Å²) in [7, 11) is 3.10. The Morgan fingerprint density at radius 1 is 1.05 bits per heavy atom. The van der Waals surface area contributed by atoms with Gasteiger partial charge in [0.1, 0.15) is 11.5 Å². The SMILES string of the molecule is COc1ccc(/C(=C/c2ccc(OC)cc2N)C(=O)O)cc1. The van der Waals surface area contributed by atoms with Crippen molar-refractivity contribution in [2.45, 2.75) is 0 Å². The van der Waals surface area contributed by atoms with Crippen LogP contribution in [-0.4, -0.2) is 25.3 Å². The zero-order valence-electron chi connectivity index (χ0n) is 12.4. The number of nitrogen functional groups attached to an aromatic ring is 1. The number of benzene rings is 2. The molecule has 0 heterocycles. The van der Waals surface area contributed by atoms with Crippen molar-refractivity contribution in [2.24, 2.45) is 0 Å². The monoisotopic (exact) mass is 299 g/mol. The molecule has 0 spiro atoms. The number of hydrogen-bond donors (Lipinski definition) is 2. The van der Waals surface area contributed by atoms with Gasteiger partial charge in [-0.3, -0.25) is 0 Å². The van der Waals surface area contributed by atoms with E-state index in [0.717, 1.165) is 0 Å². The third-order valence-corrected chi connectivity index (χ3v) is 3.23. The first-order valence-electron chi connectivity index (χ1n) is 6.58. The molecule has 0 aliphatic heterocycles. The van der Waals surface area contributed by atoms with Crippen LogP contribution in [0.5, 0.6) is 11.5 Å². The molecule has 22 heavy (non-hydrogen) atoms. The Hall–Kier alpha value is -2.95. The number of nitrogens with two attached hydrogens (primary N) is 1. The van der Waals surface area contributed by atoms with Gasteiger partial charge in [-0.2, -0.15) is 0 Å². The number of hydrogen-bond acceptors (Lipinski definition) is 4. The minimum Gasteiger partial charge on any atom is -0.497 e. The largest absolute Gasteiger partial charge is 0.497 e. The molecular formula is C17H17NO4. The number of methoxy groups -OCH3 is 2. The van der Waals surface area contributed by atoms with Crippen LogP contribution in [0.25, 0.3) is 11.6 Å². The van der Waals surface area contributed by atoms with Gasteiger partial charge in [0.15, 0.2) is 0 Å². The number of aliphatic carboxylic acids is 1. The van der Waals surface area contributed by atoms with Crippen LogP contribution in [0.4, 0.5) is 5.69 Å². The van der Waals surface area contributed by atoms with E-state index >= 15 is 0 Å². The maximum absolute atomic E-state index is 11.5. The van der Waals surface area contributed by atoms with Crippen LogP contribution < -0.4 is 15.2 Å². The highest BCUT2D eigenvalue weighted by molar-refractivity contribution is 6.21. The van der Waals surface area contributed by atoms with Crippen molar-refractivity contribution in [3.8, 4) is 11.5 Å². The zero-order chi connectivity index (χ0) is 16.1. The smallest absolute Gasteiger partial charge is 0.336 e. The highest BCUT2D eigenvalue weighted by Gasteiger charge is 2.12. The van der Waals surface area contributed by atoms with Crippen molar-refractivity contribution < 1.29 is 19.4 Å². The van der Waals surface area contributed by atoms with Crippen molar-refractivity contribution in [1.29, 1.82) is 0 Å². The van der Waals surface area contributed by atoms with Gasteiger partial charge < -0.3 is 20.3 Å². The van der Waals surface area contributed by atoms with E-state index in [1.165, 1.54) is 0 Å². The Labute approximate surface area is 128 Å². The van der Waals surface area contributed by atoms with Crippen LogP contribution in [0.15, 0.2) is 42.5 Å². The number of carbonyl (C=O) groups is 1. The molecule has 5 nitrogen and oxygen atoms in total. The molecule has 0 radical (unpaired) electrons. The van der Waals surface area contributed by atoms with Gasteiger partial charge in [0.25, 0.3) is 0 Å². The van der Waals surface area contributed by atoms with Crippen molar-refractivity contribution in [3.63, 3.8) is 0 Å². The van der Waals surface area contributed by atoms with Crippen molar-refractivity contribution in [3.05, 3.63) is 53.6 Å². The van der Waals surface area contributed by atoms with Gasteiger partial charge in [-0.15, -0.1) is 0 Å². The van der Waals surface area contributed by atoms with Gasteiger partial charge in [0.2, 0.25) is 0 Å². The van der Waals surface area contributed by atoms with E-state index in [4.69, 9.17) is 15.2 Å². The van der Waals surface area contributed by atoms with Crippen LogP contribution in [0, 0.1) is 0 Å². The summed E-state index contributed by atoms with van der Waals surface area (Å²) in [4.78, 5) is 11.5. The quantitative estimate of drug-likeness (QED) is 0.504. The highest BCUT2D eigenvalue weighted by Crippen LogP contribution is 2.26. The summed E-state index contributed by atoms with van der Waals surface area (Å²) in [6, 6.07) is 11.9. The second kappa shape index (κ2) is 6.67. The van der Waals surface area contributed by atoms with Gasteiger partial charge in [0.05, 0.1) is 19.8 Å². The lowest BCUT2D eigenvalue weighted by Gasteiger charge is -2.08. The molecule has 0 amide bonds. The first-order chi connectivity index (χ1) is 10.5. The second-order valence-electron chi connectivity index (χ2n) is 4.59. The topological polar surface area (TPSA) is 81.8 Å². The minimum atomic E-state index is -1.03. The third-order valence-electron chi connectivity index (χ3n) is 3.23. The van der Waals surface area contributed by atoms with E-state index in [1.54, 1.807) is 62.8 Å². The molecule has 2 rings (SSSR count). The number of carboxylic acid groups (broad SMARTS) is 1. The van der Waals surface area contributed by atoms with Crippen molar-refractivity contribution in [1.82, 2.24) is 0 Å². The Morgan fingerprint density at radius 3 is 2.14 bits per heavy atom. The van der Waals surface area contributed by atoms with Crippen LogP contribution in [0.1, 0.15) is 11.1 Å². The molecule has 0 bridgehead atoms. The summed E-state index contributed by atoms with van der Waals surface area (Å²) in [6.45, 7) is 0. The first-order valence-corrected chi connectivity index (χ1v) is 6.58. The lowest BCUT2D eigenvalue weighted by molar-refractivity contribution is -0.130. The lowest BCUT2D eigenvalue weighted by Crippen LogP contribution is -2.00. The fourth-order valence-corrected chi connectivity index (χ4v) is 2.01. The maximum atomic E-state index is 11.5. The molecule has 114 valence electrons. The van der Waals surface area contributed by atoms with Gasteiger partial charge >= 0.3 is 5.97 Å². The third kappa shape index (κ3) is 3.38. The van der Waals surface area contributed by atoms with E-state index in [9.17, 15) is 9.90 Å². The summed E-state index contributed by atoms with van der Waals surface area (Å²) < 4.78 is 10.2. The average Bonchev–Trinajstić information content (AvgIpc) is 2.53. The summed E-state index contributed by atoms with van der Waals surface area (Å²) in [5.41, 5.74) is 7.73. The molecule has 0 unspecified atom stereocenters. The Morgan fingerprint density at radius 2 is 1.64 bits per heavy atom. The molecule has 2 aromatic carbocycles. The molecule has 0 saturated carbocycles. The van der Waals surface area contributed by atoms with Gasteiger partial charge in [-0.1, -0.05) is 12.1 Å². The summed E-state index contributed by atoms with van der Waals surface area (Å²) in [6.07, 6.45) is 1.54. The Kier molecular flexibility index (Phi) is 4.68. The summed E-state index contributed by atoms with van der Waals surface area (Å²) in [5.74, 6) is 0.258. The molecule has 0 aromatic heterocycles. The normalized spacial score (nSPS) is 11.1.